The van der Waals surface area contributed by atoms with Gasteiger partial charge in [-0.3, -0.25) is 4.79 Å². The van der Waals surface area contributed by atoms with Crippen LogP contribution in [0.2, 0.25) is 5.02 Å². The van der Waals surface area contributed by atoms with Gasteiger partial charge in [-0.15, -0.1) is 11.3 Å². The maximum Gasteiger partial charge on any atom is 0.255 e. The minimum atomic E-state index is -3.62. The summed E-state index contributed by atoms with van der Waals surface area (Å²) in [6.07, 6.45) is 1.93. The topological polar surface area (TPSA) is 57.7 Å². The van der Waals surface area contributed by atoms with Crippen molar-refractivity contribution in [3.63, 3.8) is 0 Å². The van der Waals surface area contributed by atoms with E-state index in [1.807, 2.05) is 17.5 Å². The van der Waals surface area contributed by atoms with Gasteiger partial charge in [-0.2, -0.15) is 0 Å². The Hall–Kier alpha value is -1.41. The van der Waals surface area contributed by atoms with Crippen LogP contribution in [-0.2, 0) is 16.6 Å². The molecule has 0 atom stereocenters. The van der Waals surface area contributed by atoms with Gasteiger partial charge in [0.2, 0.25) is 10.0 Å². The molecule has 0 saturated heterocycles. The van der Waals surface area contributed by atoms with Crippen molar-refractivity contribution in [2.24, 2.45) is 0 Å². The number of rotatable bonds is 6. The van der Waals surface area contributed by atoms with Crippen molar-refractivity contribution in [1.29, 1.82) is 0 Å². The van der Waals surface area contributed by atoms with Gasteiger partial charge in [0.1, 0.15) is 0 Å². The van der Waals surface area contributed by atoms with E-state index in [4.69, 9.17) is 11.6 Å². The second-order valence-corrected chi connectivity index (χ2v) is 9.76. The van der Waals surface area contributed by atoms with Crippen molar-refractivity contribution in [2.75, 3.05) is 14.1 Å². The summed E-state index contributed by atoms with van der Waals surface area (Å²) >= 11 is 7.81. The van der Waals surface area contributed by atoms with Gasteiger partial charge in [-0.25, -0.2) is 12.7 Å². The van der Waals surface area contributed by atoms with Gasteiger partial charge in [-0.1, -0.05) is 17.7 Å². The summed E-state index contributed by atoms with van der Waals surface area (Å²) in [6.45, 7) is 0.516. The minimum Gasteiger partial charge on any atom is -0.330 e. The van der Waals surface area contributed by atoms with Crippen LogP contribution in [0.5, 0.6) is 0 Å². The molecule has 134 valence electrons. The summed E-state index contributed by atoms with van der Waals surface area (Å²) in [4.78, 5) is 16.0. The van der Waals surface area contributed by atoms with E-state index < -0.39 is 10.0 Å². The zero-order valence-electron chi connectivity index (χ0n) is 14.0. The smallest absolute Gasteiger partial charge is 0.255 e. The standard InChI is InChI=1S/C17H19ClN2O3S2/c1-19(2)25(22,23)14-7-8-16(18)15(10-14)17(21)20(12-5-6-12)11-13-4-3-9-24-13/h3-4,7-10,12H,5-6,11H2,1-2H3. The van der Waals surface area contributed by atoms with E-state index in [2.05, 4.69) is 0 Å². The predicted molar refractivity (Wildman–Crippen MR) is 99.5 cm³/mol. The summed E-state index contributed by atoms with van der Waals surface area (Å²) in [5.41, 5.74) is 0.230. The first-order valence-electron chi connectivity index (χ1n) is 7.86. The molecule has 0 N–H and O–H groups in total. The molecular formula is C17H19ClN2O3S2. The van der Waals surface area contributed by atoms with Crippen LogP contribution in [0.1, 0.15) is 28.1 Å². The van der Waals surface area contributed by atoms with Gasteiger partial charge >= 0.3 is 0 Å². The second-order valence-electron chi connectivity index (χ2n) is 6.17. The molecule has 1 amide bonds. The van der Waals surface area contributed by atoms with Gasteiger partial charge < -0.3 is 4.90 Å². The predicted octanol–water partition coefficient (Wildman–Crippen LogP) is 3.46. The Labute approximate surface area is 156 Å². The Morgan fingerprint density at radius 2 is 2.00 bits per heavy atom. The zero-order valence-corrected chi connectivity index (χ0v) is 16.4. The summed E-state index contributed by atoms with van der Waals surface area (Å²) in [7, 11) is -0.710. The third-order valence-electron chi connectivity index (χ3n) is 4.10. The normalized spacial score (nSPS) is 14.7. The average Bonchev–Trinajstić information content (AvgIpc) is 3.28. The average molecular weight is 399 g/mol. The molecule has 25 heavy (non-hydrogen) atoms. The fourth-order valence-electron chi connectivity index (χ4n) is 2.52. The lowest BCUT2D eigenvalue weighted by Crippen LogP contribution is -2.32. The van der Waals surface area contributed by atoms with E-state index in [1.54, 1.807) is 16.2 Å². The third-order valence-corrected chi connectivity index (χ3v) is 7.10. The number of carbonyl (C=O) groups excluding carboxylic acids is 1. The van der Waals surface area contributed by atoms with Crippen molar-refractivity contribution in [2.45, 2.75) is 30.3 Å². The van der Waals surface area contributed by atoms with Crippen LogP contribution < -0.4 is 0 Å². The maximum atomic E-state index is 13.1. The minimum absolute atomic E-state index is 0.0668. The molecule has 0 aliphatic heterocycles. The number of hydrogen-bond acceptors (Lipinski definition) is 4. The second kappa shape index (κ2) is 7.07. The molecule has 1 heterocycles. The van der Waals surface area contributed by atoms with E-state index in [9.17, 15) is 13.2 Å². The van der Waals surface area contributed by atoms with E-state index >= 15 is 0 Å². The lowest BCUT2D eigenvalue weighted by Gasteiger charge is -2.23. The first kappa shape index (κ1) is 18.4. The van der Waals surface area contributed by atoms with Gasteiger partial charge in [0.15, 0.2) is 0 Å². The van der Waals surface area contributed by atoms with Crippen molar-refractivity contribution in [1.82, 2.24) is 9.21 Å². The molecule has 1 saturated carbocycles. The molecule has 8 heteroatoms. The molecule has 2 aromatic rings. The van der Waals surface area contributed by atoms with Crippen molar-refractivity contribution < 1.29 is 13.2 Å². The molecule has 5 nitrogen and oxygen atoms in total. The van der Waals surface area contributed by atoms with Crippen LogP contribution in [-0.4, -0.2) is 43.7 Å². The van der Waals surface area contributed by atoms with Crippen LogP contribution >= 0.6 is 22.9 Å². The number of carbonyl (C=O) groups is 1. The van der Waals surface area contributed by atoms with E-state index in [0.29, 0.717) is 6.54 Å². The van der Waals surface area contributed by atoms with Gasteiger partial charge in [-0.05, 0) is 42.5 Å². The van der Waals surface area contributed by atoms with Crippen molar-refractivity contribution in [3.05, 3.63) is 51.2 Å². The Morgan fingerprint density at radius 3 is 2.56 bits per heavy atom. The molecule has 1 aromatic heterocycles. The Balaban J connectivity index is 1.95. The van der Waals surface area contributed by atoms with E-state index in [-0.39, 0.29) is 27.4 Å². The number of nitrogens with zero attached hydrogens (tertiary/aromatic N) is 2. The molecule has 1 aliphatic carbocycles. The van der Waals surface area contributed by atoms with Gasteiger partial charge in [0.25, 0.3) is 5.91 Å². The van der Waals surface area contributed by atoms with E-state index in [0.717, 1.165) is 22.0 Å². The first-order chi connectivity index (χ1) is 11.8. The highest BCUT2D eigenvalue weighted by Crippen LogP contribution is 2.32. The maximum absolute atomic E-state index is 13.1. The summed E-state index contributed by atoms with van der Waals surface area (Å²) in [5, 5.41) is 2.24. The number of thiophene rings is 1. The lowest BCUT2D eigenvalue weighted by molar-refractivity contribution is 0.0731. The number of amides is 1. The quantitative estimate of drug-likeness (QED) is 0.748. The van der Waals surface area contributed by atoms with E-state index in [1.165, 1.54) is 32.3 Å². The van der Waals surface area contributed by atoms with Gasteiger partial charge in [0.05, 0.1) is 22.0 Å². The van der Waals surface area contributed by atoms with Crippen molar-refractivity contribution in [3.8, 4) is 0 Å². The van der Waals surface area contributed by atoms with Gasteiger partial charge in [0, 0.05) is 25.0 Å². The molecule has 0 spiro atoms. The van der Waals surface area contributed by atoms with Crippen LogP contribution in [0, 0.1) is 0 Å². The fourth-order valence-corrected chi connectivity index (χ4v) is 4.35. The largest absolute Gasteiger partial charge is 0.330 e. The summed E-state index contributed by atoms with van der Waals surface area (Å²) in [5.74, 6) is -0.225. The Kier molecular flexibility index (Phi) is 5.20. The highest BCUT2D eigenvalue weighted by Gasteiger charge is 2.34. The summed E-state index contributed by atoms with van der Waals surface area (Å²) < 4.78 is 25.8. The zero-order chi connectivity index (χ0) is 18.2. The number of sulfonamides is 1. The Morgan fingerprint density at radius 1 is 1.28 bits per heavy atom. The van der Waals surface area contributed by atoms with Crippen molar-refractivity contribution >= 4 is 38.9 Å². The third kappa shape index (κ3) is 3.89. The van der Waals surface area contributed by atoms with Crippen LogP contribution in [0.3, 0.4) is 0 Å². The number of halogens is 1. The highest BCUT2D eigenvalue weighted by atomic mass is 35.5. The highest BCUT2D eigenvalue weighted by molar-refractivity contribution is 7.89. The summed E-state index contributed by atoms with van der Waals surface area (Å²) in [6, 6.07) is 8.41. The SMILES string of the molecule is CN(C)S(=O)(=O)c1ccc(Cl)c(C(=O)N(Cc2cccs2)C2CC2)c1. The fraction of sp³-hybridized carbons (Fsp3) is 0.353. The monoisotopic (exact) mass is 398 g/mol. The molecule has 0 unspecified atom stereocenters. The molecule has 0 bridgehead atoms. The molecule has 3 rings (SSSR count). The number of hydrogen-bond donors (Lipinski definition) is 0. The first-order valence-corrected chi connectivity index (χ1v) is 10.6. The lowest BCUT2D eigenvalue weighted by atomic mass is 10.2. The molecule has 0 radical (unpaired) electrons. The molecule has 1 aliphatic rings. The Bertz CT molecular complexity index is 875. The molecule has 1 fully saturated rings. The molecule has 1 aromatic carbocycles. The van der Waals surface area contributed by atoms with Crippen LogP contribution in [0.4, 0.5) is 0 Å². The molecular weight excluding hydrogens is 380 g/mol. The van der Waals surface area contributed by atoms with Crippen LogP contribution in [0.15, 0.2) is 40.6 Å². The van der Waals surface area contributed by atoms with Crippen LogP contribution in [0.25, 0.3) is 0 Å². The number of benzene rings is 1.